The minimum Gasteiger partial charge on any atom is -0.484 e. The zero-order valence-corrected chi connectivity index (χ0v) is 13.0. The Bertz CT molecular complexity index is 744. The first kappa shape index (κ1) is 15.8. The van der Waals surface area contributed by atoms with Crippen molar-refractivity contribution >= 4 is 19.7 Å². The summed E-state index contributed by atoms with van der Waals surface area (Å²) in [6.45, 7) is 4.11. The summed E-state index contributed by atoms with van der Waals surface area (Å²) in [5.74, 6) is -0.831. The molecular weight excluding hydrogens is 319 g/mol. The van der Waals surface area contributed by atoms with Crippen LogP contribution < -0.4 is 4.74 Å². The van der Waals surface area contributed by atoms with Gasteiger partial charge in [0.1, 0.15) is 6.61 Å². The highest BCUT2D eigenvalue weighted by atomic mass is 35.7. The fourth-order valence-electron chi connectivity index (χ4n) is 1.81. The van der Waals surface area contributed by atoms with Crippen LogP contribution in [0.25, 0.3) is 0 Å². The van der Waals surface area contributed by atoms with Gasteiger partial charge in [0, 0.05) is 16.7 Å². The van der Waals surface area contributed by atoms with E-state index in [1.807, 2.05) is 18.4 Å². The first-order valence-electron chi connectivity index (χ1n) is 6.16. The summed E-state index contributed by atoms with van der Waals surface area (Å²) in [6.07, 6.45) is 3.30. The third-order valence-electron chi connectivity index (χ3n) is 2.86. The third kappa shape index (κ3) is 3.74. The van der Waals surface area contributed by atoms with Gasteiger partial charge in [0.05, 0.1) is 23.1 Å². The van der Waals surface area contributed by atoms with Crippen LogP contribution in [0.4, 0.5) is 4.39 Å². The van der Waals surface area contributed by atoms with Gasteiger partial charge < -0.3 is 9.30 Å². The molecule has 1 aromatic carbocycles. The highest BCUT2D eigenvalue weighted by Crippen LogP contribution is 2.24. The second kappa shape index (κ2) is 6.03. The van der Waals surface area contributed by atoms with Gasteiger partial charge in [0.25, 0.3) is 9.05 Å². The van der Waals surface area contributed by atoms with Gasteiger partial charge in [-0.15, -0.1) is 0 Å². The fourth-order valence-corrected chi connectivity index (χ4v) is 2.57. The summed E-state index contributed by atoms with van der Waals surface area (Å²) in [5.41, 5.74) is 0.790. The molecule has 0 saturated carbocycles. The SMILES string of the molecule is CC(C)n1cncc1COc1ccc(S(=O)(=O)Cl)cc1F. The maximum atomic E-state index is 13.8. The lowest BCUT2D eigenvalue weighted by Gasteiger charge is -2.13. The molecule has 0 aliphatic carbocycles. The Morgan fingerprint density at radius 1 is 1.43 bits per heavy atom. The van der Waals surface area contributed by atoms with E-state index in [1.165, 1.54) is 12.1 Å². The first-order chi connectivity index (χ1) is 9.79. The lowest BCUT2D eigenvalue weighted by Crippen LogP contribution is -2.07. The van der Waals surface area contributed by atoms with Gasteiger partial charge in [0.15, 0.2) is 11.6 Å². The van der Waals surface area contributed by atoms with Gasteiger partial charge >= 0.3 is 0 Å². The summed E-state index contributed by atoms with van der Waals surface area (Å²) in [6, 6.07) is 3.47. The molecule has 2 rings (SSSR count). The maximum absolute atomic E-state index is 13.8. The molecule has 0 aliphatic heterocycles. The number of rotatable bonds is 5. The van der Waals surface area contributed by atoms with Gasteiger partial charge in [-0.1, -0.05) is 0 Å². The molecule has 0 aliphatic rings. The van der Waals surface area contributed by atoms with E-state index in [0.717, 1.165) is 11.8 Å². The number of aromatic nitrogens is 2. The van der Waals surface area contributed by atoms with Gasteiger partial charge in [-0.25, -0.2) is 17.8 Å². The molecule has 0 fully saturated rings. The molecule has 0 N–H and O–H groups in total. The van der Waals surface area contributed by atoms with Crippen molar-refractivity contribution in [1.29, 1.82) is 0 Å². The lowest BCUT2D eigenvalue weighted by atomic mass is 10.3. The Morgan fingerprint density at radius 2 is 2.14 bits per heavy atom. The van der Waals surface area contributed by atoms with E-state index < -0.39 is 14.9 Å². The van der Waals surface area contributed by atoms with Crippen molar-refractivity contribution in [1.82, 2.24) is 9.55 Å². The average Bonchev–Trinajstić information content (AvgIpc) is 2.84. The second-order valence-electron chi connectivity index (χ2n) is 4.70. The van der Waals surface area contributed by atoms with E-state index in [4.69, 9.17) is 15.4 Å². The van der Waals surface area contributed by atoms with Crippen LogP contribution in [0.3, 0.4) is 0 Å². The average molecular weight is 333 g/mol. The van der Waals surface area contributed by atoms with Crippen molar-refractivity contribution in [2.45, 2.75) is 31.4 Å². The number of halogens is 2. The minimum atomic E-state index is -3.96. The van der Waals surface area contributed by atoms with Crippen molar-refractivity contribution in [3.05, 3.63) is 42.2 Å². The van der Waals surface area contributed by atoms with E-state index in [-0.39, 0.29) is 23.3 Å². The van der Waals surface area contributed by atoms with Crippen molar-refractivity contribution < 1.29 is 17.5 Å². The van der Waals surface area contributed by atoms with Crippen LogP contribution in [0.1, 0.15) is 25.6 Å². The number of hydrogen-bond acceptors (Lipinski definition) is 4. The molecular formula is C13H14ClFN2O3S. The predicted octanol–water partition coefficient (Wildman–Crippen LogP) is 3.11. The monoisotopic (exact) mass is 332 g/mol. The molecule has 1 heterocycles. The lowest BCUT2D eigenvalue weighted by molar-refractivity contribution is 0.277. The molecule has 0 spiro atoms. The van der Waals surface area contributed by atoms with Gasteiger partial charge in [-0.3, -0.25) is 0 Å². The number of nitrogens with zero attached hydrogens (tertiary/aromatic N) is 2. The molecule has 114 valence electrons. The van der Waals surface area contributed by atoms with Crippen LogP contribution in [0.5, 0.6) is 5.75 Å². The Kier molecular flexibility index (Phi) is 4.53. The first-order valence-corrected chi connectivity index (χ1v) is 8.47. The van der Waals surface area contributed by atoms with E-state index >= 15 is 0 Å². The van der Waals surface area contributed by atoms with E-state index in [9.17, 15) is 12.8 Å². The van der Waals surface area contributed by atoms with Crippen LogP contribution in [0, 0.1) is 5.82 Å². The standard InChI is InChI=1S/C13H14ClFN2O3S/c1-9(2)17-8-16-6-10(17)7-20-13-4-3-11(5-12(13)15)21(14,18)19/h3-6,8-9H,7H2,1-2H3. The highest BCUT2D eigenvalue weighted by molar-refractivity contribution is 8.13. The van der Waals surface area contributed by atoms with Crippen LogP contribution in [0.15, 0.2) is 35.6 Å². The zero-order chi connectivity index (χ0) is 15.6. The van der Waals surface area contributed by atoms with Crippen molar-refractivity contribution in [3.63, 3.8) is 0 Å². The van der Waals surface area contributed by atoms with Crippen LogP contribution in [-0.2, 0) is 15.7 Å². The maximum Gasteiger partial charge on any atom is 0.261 e. The summed E-state index contributed by atoms with van der Waals surface area (Å²) >= 11 is 0. The molecule has 5 nitrogen and oxygen atoms in total. The quantitative estimate of drug-likeness (QED) is 0.789. The molecule has 0 atom stereocenters. The summed E-state index contributed by atoms with van der Waals surface area (Å²) in [5, 5.41) is 0. The van der Waals surface area contributed by atoms with Gasteiger partial charge in [-0.05, 0) is 32.0 Å². The number of hydrogen-bond donors (Lipinski definition) is 0. The topological polar surface area (TPSA) is 61.2 Å². The molecule has 1 aromatic heterocycles. The normalized spacial score (nSPS) is 11.9. The number of benzene rings is 1. The van der Waals surface area contributed by atoms with E-state index in [1.54, 1.807) is 12.5 Å². The van der Waals surface area contributed by atoms with Crippen molar-refractivity contribution in [3.8, 4) is 5.75 Å². The van der Waals surface area contributed by atoms with Crippen LogP contribution in [-0.4, -0.2) is 18.0 Å². The van der Waals surface area contributed by atoms with E-state index in [2.05, 4.69) is 4.98 Å². The zero-order valence-electron chi connectivity index (χ0n) is 11.5. The molecule has 0 amide bonds. The van der Waals surface area contributed by atoms with Crippen molar-refractivity contribution in [2.24, 2.45) is 0 Å². The minimum absolute atomic E-state index is 0.0458. The third-order valence-corrected chi connectivity index (χ3v) is 4.21. The molecule has 21 heavy (non-hydrogen) atoms. The van der Waals surface area contributed by atoms with E-state index in [0.29, 0.717) is 0 Å². The van der Waals surface area contributed by atoms with Crippen LogP contribution in [0.2, 0.25) is 0 Å². The largest absolute Gasteiger partial charge is 0.484 e. The Labute approximate surface area is 126 Å². The Hall–Kier alpha value is -1.60. The van der Waals surface area contributed by atoms with Crippen molar-refractivity contribution in [2.75, 3.05) is 0 Å². The molecule has 0 unspecified atom stereocenters. The highest BCUT2D eigenvalue weighted by Gasteiger charge is 2.14. The smallest absolute Gasteiger partial charge is 0.261 e. The molecule has 0 bridgehead atoms. The second-order valence-corrected chi connectivity index (χ2v) is 7.27. The van der Waals surface area contributed by atoms with Gasteiger partial charge in [0.2, 0.25) is 0 Å². The fraction of sp³-hybridized carbons (Fsp3) is 0.308. The number of ether oxygens (including phenoxy) is 1. The predicted molar refractivity (Wildman–Crippen MR) is 76.4 cm³/mol. The number of imidazole rings is 1. The molecule has 8 heteroatoms. The van der Waals surface area contributed by atoms with Gasteiger partial charge in [-0.2, -0.15) is 0 Å². The Morgan fingerprint density at radius 3 is 2.71 bits per heavy atom. The summed E-state index contributed by atoms with van der Waals surface area (Å²) in [7, 11) is 1.19. The molecule has 2 aromatic rings. The molecule has 0 saturated heterocycles. The summed E-state index contributed by atoms with van der Waals surface area (Å²) in [4.78, 5) is 3.71. The van der Waals surface area contributed by atoms with Crippen LogP contribution >= 0.6 is 10.7 Å². The Balaban J connectivity index is 2.16. The summed E-state index contributed by atoms with van der Waals surface area (Å²) < 4.78 is 43.3. The molecule has 0 radical (unpaired) electrons.